The molecular formula is C10H23NS. The van der Waals surface area contributed by atoms with Crippen molar-refractivity contribution in [3.05, 3.63) is 0 Å². The first kappa shape index (κ1) is 12.3. The van der Waals surface area contributed by atoms with Crippen LogP contribution >= 0.6 is 11.8 Å². The molecule has 2 heteroatoms. The Labute approximate surface area is 81.5 Å². The monoisotopic (exact) mass is 189 g/mol. The van der Waals surface area contributed by atoms with Crippen LogP contribution in [0.4, 0.5) is 0 Å². The van der Waals surface area contributed by atoms with Crippen LogP contribution in [-0.4, -0.2) is 16.5 Å². The molecule has 0 rings (SSSR count). The summed E-state index contributed by atoms with van der Waals surface area (Å²) < 4.78 is 0.356. The van der Waals surface area contributed by atoms with Gasteiger partial charge in [0.05, 0.1) is 0 Å². The molecule has 0 unspecified atom stereocenters. The minimum atomic E-state index is 0.356. The molecule has 2 N–H and O–H groups in total. The average molecular weight is 189 g/mol. The van der Waals surface area contributed by atoms with Crippen LogP contribution in [0.5, 0.6) is 0 Å². The second kappa shape index (κ2) is 5.13. The molecule has 0 aromatic rings. The summed E-state index contributed by atoms with van der Waals surface area (Å²) in [6, 6.07) is 0.370. The van der Waals surface area contributed by atoms with Crippen molar-refractivity contribution in [2.24, 2.45) is 11.7 Å². The lowest BCUT2D eigenvalue weighted by molar-refractivity contribution is 0.523. The third-order valence-electron chi connectivity index (χ3n) is 1.50. The second-order valence-corrected chi connectivity index (χ2v) is 6.66. The second-order valence-electron chi connectivity index (χ2n) is 4.81. The molecular weight excluding hydrogens is 166 g/mol. The van der Waals surface area contributed by atoms with E-state index in [1.165, 1.54) is 0 Å². The van der Waals surface area contributed by atoms with E-state index in [0.29, 0.717) is 10.8 Å². The maximum atomic E-state index is 5.96. The average Bonchev–Trinajstić information content (AvgIpc) is 1.80. The van der Waals surface area contributed by atoms with Crippen LogP contribution < -0.4 is 5.73 Å². The van der Waals surface area contributed by atoms with E-state index >= 15 is 0 Å². The van der Waals surface area contributed by atoms with E-state index in [-0.39, 0.29) is 0 Å². The fourth-order valence-electron chi connectivity index (χ4n) is 1.03. The molecule has 0 aliphatic carbocycles. The van der Waals surface area contributed by atoms with Gasteiger partial charge in [-0.25, -0.2) is 0 Å². The van der Waals surface area contributed by atoms with Crippen LogP contribution in [0.3, 0.4) is 0 Å². The summed E-state index contributed by atoms with van der Waals surface area (Å²) in [6.07, 6.45) is 1.14. The zero-order chi connectivity index (χ0) is 9.78. The fourth-order valence-corrected chi connectivity index (χ4v) is 1.88. The van der Waals surface area contributed by atoms with Gasteiger partial charge in [0, 0.05) is 16.5 Å². The molecule has 1 nitrogen and oxygen atoms in total. The third-order valence-corrected chi connectivity index (χ3v) is 2.97. The highest BCUT2D eigenvalue weighted by atomic mass is 32.2. The van der Waals surface area contributed by atoms with Gasteiger partial charge in [-0.2, -0.15) is 11.8 Å². The van der Waals surface area contributed by atoms with Gasteiger partial charge in [0.2, 0.25) is 0 Å². The van der Waals surface area contributed by atoms with Crippen LogP contribution in [-0.2, 0) is 0 Å². The Morgan fingerprint density at radius 1 is 1.25 bits per heavy atom. The summed E-state index contributed by atoms with van der Waals surface area (Å²) in [4.78, 5) is 0. The van der Waals surface area contributed by atoms with E-state index in [4.69, 9.17) is 5.73 Å². The van der Waals surface area contributed by atoms with Gasteiger partial charge in [0.25, 0.3) is 0 Å². The fraction of sp³-hybridized carbons (Fsp3) is 1.00. The van der Waals surface area contributed by atoms with Crippen molar-refractivity contribution in [2.75, 3.05) is 5.75 Å². The largest absolute Gasteiger partial charge is 0.327 e. The molecule has 74 valence electrons. The van der Waals surface area contributed by atoms with E-state index < -0.39 is 0 Å². The molecule has 0 fully saturated rings. The quantitative estimate of drug-likeness (QED) is 0.736. The first-order valence-corrected chi connectivity index (χ1v) is 5.69. The van der Waals surface area contributed by atoms with E-state index in [0.717, 1.165) is 18.1 Å². The maximum Gasteiger partial charge on any atom is 0.0133 e. The van der Waals surface area contributed by atoms with E-state index in [1.807, 2.05) is 11.8 Å². The molecule has 0 aliphatic heterocycles. The summed E-state index contributed by atoms with van der Waals surface area (Å²) in [5.41, 5.74) is 5.96. The summed E-state index contributed by atoms with van der Waals surface area (Å²) in [6.45, 7) is 11.2. The summed E-state index contributed by atoms with van der Waals surface area (Å²) in [7, 11) is 0. The maximum absolute atomic E-state index is 5.96. The number of thioether (sulfide) groups is 1. The van der Waals surface area contributed by atoms with Crippen molar-refractivity contribution >= 4 is 11.8 Å². The molecule has 0 saturated carbocycles. The number of nitrogens with two attached hydrogens (primary N) is 1. The highest BCUT2D eigenvalue weighted by Gasteiger charge is 2.13. The van der Waals surface area contributed by atoms with Gasteiger partial charge in [-0.1, -0.05) is 34.6 Å². The Bertz CT molecular complexity index is 115. The topological polar surface area (TPSA) is 26.0 Å². The van der Waals surface area contributed by atoms with Gasteiger partial charge in [0.1, 0.15) is 0 Å². The Morgan fingerprint density at radius 3 is 2.08 bits per heavy atom. The van der Waals surface area contributed by atoms with Gasteiger partial charge in [-0.05, 0) is 12.3 Å². The highest BCUT2D eigenvalue weighted by molar-refractivity contribution is 8.00. The molecule has 0 radical (unpaired) electrons. The van der Waals surface area contributed by atoms with Crippen molar-refractivity contribution < 1.29 is 0 Å². The van der Waals surface area contributed by atoms with Crippen LogP contribution in [0.15, 0.2) is 0 Å². The molecule has 0 aromatic heterocycles. The van der Waals surface area contributed by atoms with Crippen LogP contribution in [0.25, 0.3) is 0 Å². The summed E-state index contributed by atoms with van der Waals surface area (Å²) >= 11 is 1.96. The van der Waals surface area contributed by atoms with Gasteiger partial charge >= 0.3 is 0 Å². The minimum absolute atomic E-state index is 0.356. The Kier molecular flexibility index (Phi) is 5.26. The number of rotatable bonds is 4. The van der Waals surface area contributed by atoms with E-state index in [9.17, 15) is 0 Å². The third kappa shape index (κ3) is 8.41. The van der Waals surface area contributed by atoms with Crippen molar-refractivity contribution in [3.63, 3.8) is 0 Å². The van der Waals surface area contributed by atoms with Gasteiger partial charge < -0.3 is 5.73 Å². The minimum Gasteiger partial charge on any atom is -0.327 e. The molecule has 0 spiro atoms. The molecule has 0 heterocycles. The van der Waals surface area contributed by atoms with Crippen LogP contribution in [0.2, 0.25) is 0 Å². The van der Waals surface area contributed by atoms with Crippen molar-refractivity contribution in [2.45, 2.75) is 51.8 Å². The SMILES string of the molecule is CC(C)C[C@@H](N)CSC(C)(C)C. The molecule has 12 heavy (non-hydrogen) atoms. The standard InChI is InChI=1S/C10H23NS/c1-8(2)6-9(11)7-12-10(3,4)5/h8-9H,6-7,11H2,1-5H3/t9-/m1/s1. The predicted octanol–water partition coefficient (Wildman–Crippen LogP) is 2.89. The number of hydrogen-bond acceptors (Lipinski definition) is 2. The molecule has 0 aliphatic rings. The van der Waals surface area contributed by atoms with Crippen molar-refractivity contribution in [3.8, 4) is 0 Å². The lowest BCUT2D eigenvalue weighted by Crippen LogP contribution is -2.27. The van der Waals surface area contributed by atoms with Gasteiger partial charge in [0.15, 0.2) is 0 Å². The lowest BCUT2D eigenvalue weighted by atomic mass is 10.1. The lowest BCUT2D eigenvalue weighted by Gasteiger charge is -2.21. The Hall–Kier alpha value is 0.310. The molecule has 1 atom stereocenters. The first-order valence-electron chi connectivity index (χ1n) is 4.71. The smallest absolute Gasteiger partial charge is 0.0133 e. The molecule has 0 aromatic carbocycles. The van der Waals surface area contributed by atoms with Crippen LogP contribution in [0.1, 0.15) is 41.0 Å². The van der Waals surface area contributed by atoms with Crippen molar-refractivity contribution in [1.82, 2.24) is 0 Å². The highest BCUT2D eigenvalue weighted by Crippen LogP contribution is 2.24. The zero-order valence-corrected chi connectivity index (χ0v) is 9.87. The summed E-state index contributed by atoms with van der Waals surface area (Å²) in [5, 5.41) is 0. The molecule has 0 bridgehead atoms. The predicted molar refractivity (Wildman–Crippen MR) is 59.6 cm³/mol. The zero-order valence-electron chi connectivity index (χ0n) is 9.05. The molecule has 0 amide bonds. The van der Waals surface area contributed by atoms with E-state index in [2.05, 4.69) is 34.6 Å². The van der Waals surface area contributed by atoms with E-state index in [1.54, 1.807) is 0 Å². The molecule has 0 saturated heterocycles. The Morgan fingerprint density at radius 2 is 1.75 bits per heavy atom. The van der Waals surface area contributed by atoms with Crippen LogP contribution in [0, 0.1) is 5.92 Å². The van der Waals surface area contributed by atoms with Gasteiger partial charge in [-0.15, -0.1) is 0 Å². The number of hydrogen-bond donors (Lipinski definition) is 1. The van der Waals surface area contributed by atoms with Crippen molar-refractivity contribution in [1.29, 1.82) is 0 Å². The summed E-state index contributed by atoms with van der Waals surface area (Å²) in [5.74, 6) is 1.81. The normalized spacial score (nSPS) is 15.2. The Balaban J connectivity index is 3.51. The van der Waals surface area contributed by atoms with Gasteiger partial charge in [-0.3, -0.25) is 0 Å². The first-order chi connectivity index (χ1) is 5.31.